The molecule has 0 unspecified atom stereocenters. The largest absolute Gasteiger partial charge is 0.469 e. The lowest BCUT2D eigenvalue weighted by Crippen LogP contribution is -2.37. The van der Waals surface area contributed by atoms with Crippen molar-refractivity contribution in [3.63, 3.8) is 0 Å². The Morgan fingerprint density at radius 1 is 1.27 bits per heavy atom. The molecule has 0 spiro atoms. The van der Waals surface area contributed by atoms with Gasteiger partial charge in [0.1, 0.15) is 0 Å². The second-order valence-corrected chi connectivity index (χ2v) is 5.27. The quantitative estimate of drug-likeness (QED) is 0.698. The van der Waals surface area contributed by atoms with Crippen molar-refractivity contribution in [3.05, 3.63) is 0 Å². The number of esters is 1. The van der Waals surface area contributed by atoms with Crippen molar-refractivity contribution in [1.82, 2.24) is 0 Å². The first-order valence-electron chi connectivity index (χ1n) is 5.32. The van der Waals surface area contributed by atoms with E-state index in [4.69, 9.17) is 4.74 Å². The number of rotatable bonds is 3. The summed E-state index contributed by atoms with van der Waals surface area (Å²) >= 11 is 1.24. The predicted molar refractivity (Wildman–Crippen MR) is 60.7 cm³/mol. The van der Waals surface area contributed by atoms with Crippen LogP contribution in [0.3, 0.4) is 0 Å². The number of thioether (sulfide) groups is 1. The molecule has 0 N–H and O–H groups in total. The third-order valence-electron chi connectivity index (χ3n) is 2.98. The third kappa shape index (κ3) is 3.23. The summed E-state index contributed by atoms with van der Waals surface area (Å²) in [6, 6.07) is 0. The van der Waals surface area contributed by atoms with Gasteiger partial charge in [-0.3, -0.25) is 9.59 Å². The Hall–Kier alpha value is -0.510. The number of methoxy groups -OCH3 is 1. The fourth-order valence-electron chi connectivity index (χ4n) is 2.09. The van der Waals surface area contributed by atoms with E-state index >= 15 is 0 Å². The Balaban J connectivity index is 2.66. The highest BCUT2D eigenvalue weighted by molar-refractivity contribution is 8.13. The first-order chi connectivity index (χ1) is 7.10. The van der Waals surface area contributed by atoms with Gasteiger partial charge in [0.05, 0.1) is 12.5 Å². The highest BCUT2D eigenvalue weighted by atomic mass is 32.2. The normalized spacial score (nSPS) is 19.6. The molecule has 0 bridgehead atoms. The molecule has 0 aliphatic heterocycles. The molecule has 86 valence electrons. The molecule has 1 rings (SSSR count). The van der Waals surface area contributed by atoms with Gasteiger partial charge in [-0.1, -0.05) is 31.0 Å². The summed E-state index contributed by atoms with van der Waals surface area (Å²) in [6.07, 6.45) is 5.03. The minimum atomic E-state index is -0.399. The molecule has 3 nitrogen and oxygen atoms in total. The van der Waals surface area contributed by atoms with E-state index in [9.17, 15) is 9.59 Å². The van der Waals surface area contributed by atoms with Crippen molar-refractivity contribution < 1.29 is 14.3 Å². The number of carbonyl (C=O) groups excluding carboxylic acids is 2. The summed E-state index contributed by atoms with van der Waals surface area (Å²) < 4.78 is 4.86. The highest BCUT2D eigenvalue weighted by Crippen LogP contribution is 2.40. The van der Waals surface area contributed by atoms with Crippen LogP contribution < -0.4 is 0 Å². The van der Waals surface area contributed by atoms with Crippen LogP contribution in [0.25, 0.3) is 0 Å². The fourth-order valence-corrected chi connectivity index (χ4v) is 2.98. The average molecular weight is 230 g/mol. The molecule has 0 saturated heterocycles. The van der Waals surface area contributed by atoms with Crippen LogP contribution in [0.1, 0.15) is 39.0 Å². The Morgan fingerprint density at radius 3 is 2.33 bits per heavy atom. The maximum Gasteiger partial charge on any atom is 0.312 e. The summed E-state index contributed by atoms with van der Waals surface area (Å²) in [5.41, 5.74) is -0.399. The fraction of sp³-hybridized carbons (Fsp3) is 0.818. The zero-order valence-corrected chi connectivity index (χ0v) is 10.2. The summed E-state index contributed by atoms with van der Waals surface area (Å²) in [7, 11) is 1.43. The summed E-state index contributed by atoms with van der Waals surface area (Å²) in [5, 5.41) is 0.0730. The van der Waals surface area contributed by atoms with Gasteiger partial charge in [-0.15, -0.1) is 0 Å². The van der Waals surface area contributed by atoms with Gasteiger partial charge in [-0.2, -0.15) is 0 Å². The summed E-state index contributed by atoms with van der Waals surface area (Å²) in [4.78, 5) is 22.7. The van der Waals surface area contributed by atoms with Crippen molar-refractivity contribution >= 4 is 22.8 Å². The van der Waals surface area contributed by atoms with Gasteiger partial charge in [0, 0.05) is 12.7 Å². The lowest BCUT2D eigenvalue weighted by molar-refractivity contribution is -0.153. The summed E-state index contributed by atoms with van der Waals surface area (Å²) in [5.74, 6) is 0.436. The first-order valence-corrected chi connectivity index (χ1v) is 6.31. The number of hydrogen-bond acceptors (Lipinski definition) is 4. The smallest absolute Gasteiger partial charge is 0.312 e. The Morgan fingerprint density at radius 2 is 1.87 bits per heavy atom. The maximum absolute atomic E-state index is 11.8. The maximum atomic E-state index is 11.8. The topological polar surface area (TPSA) is 43.4 Å². The van der Waals surface area contributed by atoms with Gasteiger partial charge >= 0.3 is 5.97 Å². The lowest BCUT2D eigenvalue weighted by Gasteiger charge is -2.33. The minimum absolute atomic E-state index is 0.0730. The molecule has 0 heterocycles. The molecule has 0 amide bonds. The molecule has 1 aliphatic rings. The molecular weight excluding hydrogens is 212 g/mol. The molecule has 0 aromatic carbocycles. The lowest BCUT2D eigenvalue weighted by atomic mass is 9.75. The van der Waals surface area contributed by atoms with Gasteiger partial charge in [-0.05, 0) is 12.8 Å². The zero-order chi connectivity index (χ0) is 11.3. The molecule has 4 heteroatoms. The van der Waals surface area contributed by atoms with E-state index < -0.39 is 5.41 Å². The van der Waals surface area contributed by atoms with Crippen molar-refractivity contribution in [3.8, 4) is 0 Å². The SMILES string of the molecule is COC(=O)C1(CSC(C)=O)CCCCC1. The van der Waals surface area contributed by atoms with Crippen LogP contribution in [-0.2, 0) is 14.3 Å². The van der Waals surface area contributed by atoms with E-state index in [0.29, 0.717) is 5.75 Å². The Labute approximate surface area is 94.9 Å². The highest BCUT2D eigenvalue weighted by Gasteiger charge is 2.40. The van der Waals surface area contributed by atoms with Gasteiger partial charge in [-0.25, -0.2) is 0 Å². The van der Waals surface area contributed by atoms with E-state index in [0.717, 1.165) is 25.7 Å². The van der Waals surface area contributed by atoms with Crippen molar-refractivity contribution in [2.45, 2.75) is 39.0 Å². The van der Waals surface area contributed by atoms with E-state index in [1.165, 1.54) is 25.3 Å². The molecule has 15 heavy (non-hydrogen) atoms. The van der Waals surface area contributed by atoms with Gasteiger partial charge < -0.3 is 4.74 Å². The molecule has 0 aromatic rings. The zero-order valence-electron chi connectivity index (χ0n) is 9.38. The first kappa shape index (κ1) is 12.6. The molecule has 0 atom stereocenters. The monoisotopic (exact) mass is 230 g/mol. The van der Waals surface area contributed by atoms with Crippen LogP contribution >= 0.6 is 11.8 Å². The molecule has 1 fully saturated rings. The Kier molecular flexibility index (Phi) is 4.64. The number of carbonyl (C=O) groups is 2. The second-order valence-electron chi connectivity index (χ2n) is 4.11. The third-order valence-corrected chi connectivity index (χ3v) is 4.08. The minimum Gasteiger partial charge on any atom is -0.469 e. The number of ether oxygens (including phenoxy) is 1. The van der Waals surface area contributed by atoms with E-state index in [-0.39, 0.29) is 11.1 Å². The van der Waals surface area contributed by atoms with Crippen LogP contribution in [0.2, 0.25) is 0 Å². The standard InChI is InChI=1S/C11H18O3S/c1-9(12)15-8-11(10(13)14-2)6-4-3-5-7-11/h3-8H2,1-2H3. The van der Waals surface area contributed by atoms with Crippen LogP contribution in [-0.4, -0.2) is 23.9 Å². The van der Waals surface area contributed by atoms with Crippen molar-refractivity contribution in [2.75, 3.05) is 12.9 Å². The van der Waals surface area contributed by atoms with Crippen LogP contribution in [0.15, 0.2) is 0 Å². The molecule has 1 aliphatic carbocycles. The molecular formula is C11H18O3S. The average Bonchev–Trinajstić information content (AvgIpc) is 2.26. The van der Waals surface area contributed by atoms with Gasteiger partial charge in [0.25, 0.3) is 0 Å². The predicted octanol–water partition coefficient (Wildman–Crippen LogP) is 2.39. The van der Waals surface area contributed by atoms with Crippen molar-refractivity contribution in [2.24, 2.45) is 5.41 Å². The van der Waals surface area contributed by atoms with Crippen LogP contribution in [0.4, 0.5) is 0 Å². The van der Waals surface area contributed by atoms with Crippen molar-refractivity contribution in [1.29, 1.82) is 0 Å². The Bertz CT molecular complexity index is 244. The molecule has 0 aromatic heterocycles. The van der Waals surface area contributed by atoms with Gasteiger partial charge in [0.15, 0.2) is 5.12 Å². The molecule has 1 saturated carbocycles. The van der Waals surface area contributed by atoms with Crippen LogP contribution in [0, 0.1) is 5.41 Å². The number of hydrogen-bond donors (Lipinski definition) is 0. The molecule has 0 radical (unpaired) electrons. The summed E-state index contributed by atoms with van der Waals surface area (Å²) in [6.45, 7) is 1.54. The van der Waals surface area contributed by atoms with Crippen LogP contribution in [0.5, 0.6) is 0 Å². The second kappa shape index (κ2) is 5.54. The van der Waals surface area contributed by atoms with E-state index in [1.54, 1.807) is 6.92 Å². The van der Waals surface area contributed by atoms with E-state index in [1.807, 2.05) is 0 Å². The van der Waals surface area contributed by atoms with E-state index in [2.05, 4.69) is 0 Å². The van der Waals surface area contributed by atoms with Gasteiger partial charge in [0.2, 0.25) is 0 Å².